The van der Waals surface area contributed by atoms with E-state index in [-0.39, 0.29) is 11.8 Å². The zero-order valence-electron chi connectivity index (χ0n) is 17.6. The van der Waals surface area contributed by atoms with Crippen molar-refractivity contribution in [2.24, 2.45) is 0 Å². The molecule has 1 nitrogen and oxygen atoms in total. The molecule has 1 saturated carbocycles. The summed E-state index contributed by atoms with van der Waals surface area (Å²) in [6.07, 6.45) is 6.48. The molecule has 1 fully saturated rings. The van der Waals surface area contributed by atoms with Gasteiger partial charge >= 0.3 is 0 Å². The quantitative estimate of drug-likeness (QED) is 0.477. The lowest BCUT2D eigenvalue weighted by molar-refractivity contribution is 0.435. The van der Waals surface area contributed by atoms with Gasteiger partial charge in [0.25, 0.3) is 0 Å². The summed E-state index contributed by atoms with van der Waals surface area (Å²) < 4.78 is 0. The van der Waals surface area contributed by atoms with Gasteiger partial charge in [0.05, 0.1) is 0 Å². The minimum absolute atomic E-state index is 0.266. The number of rotatable bonds is 5. The van der Waals surface area contributed by atoms with E-state index in [1.165, 1.54) is 59.9 Å². The molecule has 0 bridgehead atoms. The van der Waals surface area contributed by atoms with Crippen molar-refractivity contribution in [3.63, 3.8) is 0 Å². The number of phenolic OH excluding ortho intramolecular Hbond substituents is 1. The molecule has 150 valence electrons. The first-order valence-corrected chi connectivity index (χ1v) is 11.1. The fourth-order valence-electron chi connectivity index (χ4n) is 5.10. The van der Waals surface area contributed by atoms with E-state index in [0.29, 0.717) is 11.7 Å². The number of benzene rings is 3. The minimum Gasteiger partial charge on any atom is -0.508 e. The summed E-state index contributed by atoms with van der Waals surface area (Å²) in [5.74, 6) is 1.51. The normalized spacial score (nSPS) is 17.0. The second-order valence-electron chi connectivity index (χ2n) is 8.64. The highest BCUT2D eigenvalue weighted by Gasteiger charge is 2.27. The van der Waals surface area contributed by atoms with Crippen molar-refractivity contribution in [2.75, 3.05) is 0 Å². The third-order valence-corrected chi connectivity index (χ3v) is 6.77. The van der Waals surface area contributed by atoms with Crippen LogP contribution < -0.4 is 0 Å². The molecule has 4 rings (SSSR count). The van der Waals surface area contributed by atoms with E-state index in [4.69, 9.17) is 0 Å². The minimum atomic E-state index is 0.266. The SMILES string of the molecule is CC(c1ccccc1)c1cc(O)cc(C(C)c2ccccc2)c1C1CCCCC1. The van der Waals surface area contributed by atoms with Crippen molar-refractivity contribution in [1.82, 2.24) is 0 Å². The Morgan fingerprint density at radius 3 is 1.59 bits per heavy atom. The highest BCUT2D eigenvalue weighted by Crippen LogP contribution is 2.44. The van der Waals surface area contributed by atoms with Crippen LogP contribution in [0.25, 0.3) is 0 Å². The largest absolute Gasteiger partial charge is 0.508 e. The van der Waals surface area contributed by atoms with Gasteiger partial charge in [-0.2, -0.15) is 0 Å². The highest BCUT2D eigenvalue weighted by atomic mass is 16.3. The van der Waals surface area contributed by atoms with Crippen molar-refractivity contribution in [3.05, 3.63) is 101 Å². The molecule has 1 aliphatic rings. The summed E-state index contributed by atoms with van der Waals surface area (Å²) in [4.78, 5) is 0. The van der Waals surface area contributed by atoms with Crippen LogP contribution in [0.2, 0.25) is 0 Å². The van der Waals surface area contributed by atoms with Crippen molar-refractivity contribution in [1.29, 1.82) is 0 Å². The van der Waals surface area contributed by atoms with Crippen LogP contribution in [0.15, 0.2) is 72.8 Å². The average molecular weight is 385 g/mol. The Balaban J connectivity index is 1.87. The van der Waals surface area contributed by atoms with E-state index in [2.05, 4.69) is 74.5 Å². The number of aromatic hydroxyl groups is 1. The van der Waals surface area contributed by atoms with Crippen LogP contribution in [0.4, 0.5) is 0 Å². The van der Waals surface area contributed by atoms with Gasteiger partial charge in [-0.25, -0.2) is 0 Å². The van der Waals surface area contributed by atoms with Crippen LogP contribution >= 0.6 is 0 Å². The van der Waals surface area contributed by atoms with Crippen molar-refractivity contribution < 1.29 is 5.11 Å². The maximum absolute atomic E-state index is 10.7. The summed E-state index contributed by atoms with van der Waals surface area (Å²) in [6.45, 7) is 4.57. The molecule has 3 aromatic carbocycles. The van der Waals surface area contributed by atoms with Crippen molar-refractivity contribution in [3.8, 4) is 5.75 Å². The van der Waals surface area contributed by atoms with Gasteiger partial charge in [-0.3, -0.25) is 0 Å². The molecule has 1 aliphatic carbocycles. The Morgan fingerprint density at radius 1 is 0.690 bits per heavy atom. The van der Waals surface area contributed by atoms with Crippen LogP contribution in [-0.4, -0.2) is 5.11 Å². The third kappa shape index (κ3) is 4.24. The van der Waals surface area contributed by atoms with Crippen molar-refractivity contribution >= 4 is 0 Å². The van der Waals surface area contributed by atoms with Gasteiger partial charge in [-0.15, -0.1) is 0 Å². The monoisotopic (exact) mass is 384 g/mol. The maximum Gasteiger partial charge on any atom is 0.116 e. The second-order valence-corrected chi connectivity index (χ2v) is 8.64. The topological polar surface area (TPSA) is 20.2 Å². The van der Waals surface area contributed by atoms with Crippen LogP contribution in [0.3, 0.4) is 0 Å². The van der Waals surface area contributed by atoms with E-state index in [1.54, 1.807) is 0 Å². The predicted molar refractivity (Wildman–Crippen MR) is 122 cm³/mol. The van der Waals surface area contributed by atoms with Gasteiger partial charge in [0.1, 0.15) is 5.75 Å². The summed E-state index contributed by atoms with van der Waals surface area (Å²) in [5.41, 5.74) is 6.74. The standard InChI is InChI=1S/C28H32O/c1-20(22-12-6-3-7-13-22)26-18-25(29)19-27(21(2)23-14-8-4-9-15-23)28(26)24-16-10-5-11-17-24/h3-4,6-9,12-15,18-21,24,29H,5,10-11,16-17H2,1-2H3. The molecule has 2 atom stereocenters. The molecule has 1 heteroatoms. The van der Waals surface area contributed by atoms with Crippen LogP contribution in [0.5, 0.6) is 5.75 Å². The zero-order chi connectivity index (χ0) is 20.2. The maximum atomic E-state index is 10.7. The van der Waals surface area contributed by atoms with Crippen LogP contribution in [-0.2, 0) is 0 Å². The van der Waals surface area contributed by atoms with E-state index in [9.17, 15) is 5.11 Å². The molecule has 0 aromatic heterocycles. The summed E-state index contributed by atoms with van der Waals surface area (Å²) in [7, 11) is 0. The van der Waals surface area contributed by atoms with Gasteiger partial charge in [0, 0.05) is 11.8 Å². The lowest BCUT2D eigenvalue weighted by Crippen LogP contribution is -2.14. The average Bonchev–Trinajstić information content (AvgIpc) is 2.79. The summed E-state index contributed by atoms with van der Waals surface area (Å²) >= 11 is 0. The lowest BCUT2D eigenvalue weighted by Gasteiger charge is -2.31. The highest BCUT2D eigenvalue weighted by molar-refractivity contribution is 5.51. The van der Waals surface area contributed by atoms with Crippen LogP contribution in [0, 0.1) is 0 Å². The van der Waals surface area contributed by atoms with Gasteiger partial charge in [0.15, 0.2) is 0 Å². The molecule has 2 unspecified atom stereocenters. The molecule has 0 heterocycles. The third-order valence-electron chi connectivity index (χ3n) is 6.77. The van der Waals surface area contributed by atoms with E-state index in [1.807, 2.05) is 12.1 Å². The summed E-state index contributed by atoms with van der Waals surface area (Å²) in [5, 5.41) is 10.7. The smallest absolute Gasteiger partial charge is 0.116 e. The molecule has 0 saturated heterocycles. The number of hydrogen-bond acceptors (Lipinski definition) is 1. The zero-order valence-corrected chi connectivity index (χ0v) is 17.6. The number of phenols is 1. The molecule has 3 aromatic rings. The molecule has 1 N–H and O–H groups in total. The van der Waals surface area contributed by atoms with Gasteiger partial charge in [0.2, 0.25) is 0 Å². The molecular weight excluding hydrogens is 352 g/mol. The Labute approximate surface area is 175 Å². The lowest BCUT2D eigenvalue weighted by atomic mass is 9.73. The predicted octanol–water partition coefficient (Wildman–Crippen LogP) is 7.74. The van der Waals surface area contributed by atoms with E-state index < -0.39 is 0 Å². The first kappa shape index (κ1) is 19.8. The van der Waals surface area contributed by atoms with E-state index >= 15 is 0 Å². The van der Waals surface area contributed by atoms with Crippen LogP contribution in [0.1, 0.15) is 91.5 Å². The molecule has 29 heavy (non-hydrogen) atoms. The Morgan fingerprint density at radius 2 is 1.14 bits per heavy atom. The first-order chi connectivity index (χ1) is 14.1. The van der Waals surface area contributed by atoms with Gasteiger partial charge < -0.3 is 5.11 Å². The molecular formula is C28H32O. The van der Waals surface area contributed by atoms with Gasteiger partial charge in [-0.1, -0.05) is 93.8 Å². The summed E-state index contributed by atoms with van der Waals surface area (Å²) in [6, 6.07) is 25.5. The van der Waals surface area contributed by atoms with E-state index in [0.717, 1.165) is 0 Å². The fraction of sp³-hybridized carbons (Fsp3) is 0.357. The fourth-order valence-corrected chi connectivity index (χ4v) is 5.10. The molecule has 0 aliphatic heterocycles. The Kier molecular flexibility index (Phi) is 6.04. The second kappa shape index (κ2) is 8.86. The molecule has 0 spiro atoms. The molecule has 0 amide bonds. The number of hydrogen-bond donors (Lipinski definition) is 1. The van der Waals surface area contributed by atoms with Crippen molar-refractivity contribution in [2.45, 2.75) is 63.7 Å². The first-order valence-electron chi connectivity index (χ1n) is 11.1. The Bertz CT molecular complexity index is 857. The van der Waals surface area contributed by atoms with Gasteiger partial charge in [-0.05, 0) is 58.7 Å². The Hall–Kier alpha value is -2.54. The molecule has 0 radical (unpaired) electrons.